The van der Waals surface area contributed by atoms with Gasteiger partial charge in [0.05, 0.1) is 21.0 Å². The number of carbonyl (C=O) groups is 2. The number of rotatable bonds is 8. The summed E-state index contributed by atoms with van der Waals surface area (Å²) in [5, 5.41) is 2.50. The van der Waals surface area contributed by atoms with Gasteiger partial charge in [-0.25, -0.2) is 0 Å². The van der Waals surface area contributed by atoms with Crippen LogP contribution in [0, 0.1) is 5.92 Å². The number of amides is 1. The third kappa shape index (κ3) is 7.47. The second kappa shape index (κ2) is 11.7. The maximum Gasteiger partial charge on any atom is 0.399 e. The molecule has 33 heavy (non-hydrogen) atoms. The summed E-state index contributed by atoms with van der Waals surface area (Å²) in [4.78, 5) is 24.4. The summed E-state index contributed by atoms with van der Waals surface area (Å²) >= 11 is 20.9. The monoisotopic (exact) mass is 583 g/mol. The van der Waals surface area contributed by atoms with E-state index in [1.54, 1.807) is 13.8 Å². The van der Waals surface area contributed by atoms with E-state index >= 15 is 0 Å². The van der Waals surface area contributed by atoms with Crippen LogP contribution in [-0.4, -0.2) is 24.4 Å². The molecule has 0 radical (unpaired) electrons. The van der Waals surface area contributed by atoms with Crippen molar-refractivity contribution in [2.24, 2.45) is 5.92 Å². The van der Waals surface area contributed by atoms with Crippen LogP contribution in [0.5, 0.6) is 0 Å². The van der Waals surface area contributed by atoms with Gasteiger partial charge >= 0.3 is 6.18 Å². The highest BCUT2D eigenvalue weighted by Gasteiger charge is 2.39. The van der Waals surface area contributed by atoms with Crippen LogP contribution >= 0.6 is 50.7 Å². The van der Waals surface area contributed by atoms with E-state index in [0.717, 1.165) is 18.2 Å². The third-order valence-electron chi connectivity index (χ3n) is 4.78. The Balaban J connectivity index is 2.27. The Morgan fingerprint density at radius 1 is 1.12 bits per heavy atom. The van der Waals surface area contributed by atoms with Crippen LogP contribution in [0.2, 0.25) is 15.1 Å². The SMILES string of the molecule is CCNC(=O)[C@@H](C)CC(=O)c1ccc(/C=C/C(c2cc(Cl)c(Cl)c(Cl)c2)C(F)(F)F)cc1Br. The van der Waals surface area contributed by atoms with Gasteiger partial charge in [-0.1, -0.05) is 75.9 Å². The molecule has 2 atom stereocenters. The molecule has 1 amide bonds. The first-order chi connectivity index (χ1) is 15.3. The summed E-state index contributed by atoms with van der Waals surface area (Å²) in [7, 11) is 0. The highest BCUT2D eigenvalue weighted by molar-refractivity contribution is 9.10. The smallest absolute Gasteiger partial charge is 0.356 e. The number of alkyl halides is 3. The van der Waals surface area contributed by atoms with Crippen molar-refractivity contribution in [2.45, 2.75) is 32.4 Å². The lowest BCUT2D eigenvalue weighted by molar-refractivity contribution is -0.139. The molecule has 1 N–H and O–H groups in total. The molecule has 2 aromatic rings. The van der Waals surface area contributed by atoms with Crippen molar-refractivity contribution >= 4 is 68.5 Å². The molecule has 2 aromatic carbocycles. The number of hydrogen-bond donors (Lipinski definition) is 1. The van der Waals surface area contributed by atoms with Crippen molar-refractivity contribution in [1.82, 2.24) is 5.32 Å². The first-order valence-electron chi connectivity index (χ1n) is 9.85. The van der Waals surface area contributed by atoms with E-state index in [1.807, 2.05) is 0 Å². The van der Waals surface area contributed by atoms with Gasteiger partial charge in [-0.3, -0.25) is 9.59 Å². The van der Waals surface area contributed by atoms with E-state index in [4.69, 9.17) is 34.8 Å². The van der Waals surface area contributed by atoms with Crippen LogP contribution in [0.1, 0.15) is 47.7 Å². The van der Waals surface area contributed by atoms with Gasteiger partial charge in [-0.2, -0.15) is 13.2 Å². The molecular weight excluding hydrogens is 566 g/mol. The van der Waals surface area contributed by atoms with Crippen molar-refractivity contribution in [3.63, 3.8) is 0 Å². The number of nitrogens with one attached hydrogen (secondary N) is 1. The fourth-order valence-electron chi connectivity index (χ4n) is 3.06. The minimum absolute atomic E-state index is 0.00779. The standard InChI is InChI=1S/C23H20BrCl3F3NO2/c1-3-31-22(33)12(2)8-20(32)15-6-4-13(9-17(15)24)5-7-16(23(28,29)30)14-10-18(25)21(27)19(26)11-14/h4-7,9-12,16H,3,8H2,1-2H3,(H,31,33)/b7-5+/t12-,16?/m0/s1. The number of carbonyl (C=O) groups excluding carboxylic acids is 2. The summed E-state index contributed by atoms with van der Waals surface area (Å²) in [5.41, 5.74) is 0.630. The number of halogens is 7. The van der Waals surface area contributed by atoms with Crippen molar-refractivity contribution in [2.75, 3.05) is 6.54 Å². The molecule has 0 aliphatic carbocycles. The quantitative estimate of drug-likeness (QED) is 0.251. The molecule has 0 aliphatic rings. The summed E-state index contributed by atoms with van der Waals surface area (Å²) in [6, 6.07) is 6.84. The van der Waals surface area contributed by atoms with Gasteiger partial charge in [0.1, 0.15) is 0 Å². The number of Topliss-reactive ketones (excluding diaryl/α,β-unsaturated/α-hetero) is 1. The Bertz CT molecular complexity index is 1050. The van der Waals surface area contributed by atoms with Crippen LogP contribution in [0.4, 0.5) is 13.2 Å². The van der Waals surface area contributed by atoms with Crippen LogP contribution in [-0.2, 0) is 4.79 Å². The predicted octanol–water partition coefficient (Wildman–Crippen LogP) is 8.11. The maximum absolute atomic E-state index is 13.7. The van der Waals surface area contributed by atoms with Crippen LogP contribution in [0.15, 0.2) is 40.9 Å². The molecule has 0 heterocycles. The zero-order chi connectivity index (χ0) is 24.9. The van der Waals surface area contributed by atoms with Gasteiger partial charge in [0.15, 0.2) is 5.78 Å². The molecule has 3 nitrogen and oxygen atoms in total. The highest BCUT2D eigenvalue weighted by atomic mass is 79.9. The lowest BCUT2D eigenvalue weighted by Gasteiger charge is -2.18. The fraction of sp³-hybridized carbons (Fsp3) is 0.304. The van der Waals surface area contributed by atoms with Crippen molar-refractivity contribution in [3.8, 4) is 0 Å². The Morgan fingerprint density at radius 2 is 1.73 bits per heavy atom. The molecule has 2 rings (SSSR count). The van der Waals surface area contributed by atoms with E-state index in [-0.39, 0.29) is 38.7 Å². The minimum atomic E-state index is -4.60. The van der Waals surface area contributed by atoms with Crippen molar-refractivity contribution < 1.29 is 22.8 Å². The molecular formula is C23H20BrCl3F3NO2. The second-order valence-electron chi connectivity index (χ2n) is 7.34. The van der Waals surface area contributed by atoms with Crippen molar-refractivity contribution in [3.05, 3.63) is 72.6 Å². The Labute approximate surface area is 213 Å². The minimum Gasteiger partial charge on any atom is -0.356 e. The van der Waals surface area contributed by atoms with Gasteiger partial charge in [-0.05, 0) is 42.3 Å². The summed E-state index contributed by atoms with van der Waals surface area (Å²) in [6.45, 7) is 3.91. The summed E-state index contributed by atoms with van der Waals surface area (Å²) in [6.07, 6.45) is -2.31. The summed E-state index contributed by atoms with van der Waals surface area (Å²) < 4.78 is 41.5. The predicted molar refractivity (Wildman–Crippen MR) is 130 cm³/mol. The normalized spacial score (nSPS) is 13.7. The number of hydrogen-bond acceptors (Lipinski definition) is 2. The van der Waals surface area contributed by atoms with E-state index < -0.39 is 18.0 Å². The molecule has 1 unspecified atom stereocenters. The number of allylic oxidation sites excluding steroid dienone is 1. The molecule has 0 saturated carbocycles. The first-order valence-corrected chi connectivity index (χ1v) is 11.8. The fourth-order valence-corrected chi connectivity index (χ4v) is 4.29. The highest BCUT2D eigenvalue weighted by Crippen LogP contribution is 2.41. The van der Waals surface area contributed by atoms with E-state index in [2.05, 4.69) is 21.2 Å². The Kier molecular flexibility index (Phi) is 9.85. The second-order valence-corrected chi connectivity index (χ2v) is 9.39. The van der Waals surface area contributed by atoms with Crippen LogP contribution in [0.3, 0.4) is 0 Å². The van der Waals surface area contributed by atoms with Gasteiger partial charge in [-0.15, -0.1) is 0 Å². The van der Waals surface area contributed by atoms with Gasteiger partial charge < -0.3 is 5.32 Å². The van der Waals surface area contributed by atoms with Crippen LogP contribution < -0.4 is 5.32 Å². The molecule has 178 valence electrons. The first kappa shape index (κ1) is 27.7. The summed E-state index contributed by atoms with van der Waals surface area (Å²) in [5.74, 6) is -2.95. The van der Waals surface area contributed by atoms with Crippen LogP contribution in [0.25, 0.3) is 6.08 Å². The van der Waals surface area contributed by atoms with Gasteiger partial charge in [0, 0.05) is 28.9 Å². The third-order valence-corrected chi connectivity index (χ3v) is 6.64. The lowest BCUT2D eigenvalue weighted by atomic mass is 9.96. The van der Waals surface area contributed by atoms with Gasteiger partial charge in [0.25, 0.3) is 0 Å². The topological polar surface area (TPSA) is 46.2 Å². The van der Waals surface area contributed by atoms with Gasteiger partial charge in [0.2, 0.25) is 5.91 Å². The Hall–Kier alpha value is -1.54. The molecule has 10 heteroatoms. The molecule has 0 aliphatic heterocycles. The molecule has 0 aromatic heterocycles. The van der Waals surface area contributed by atoms with E-state index in [9.17, 15) is 22.8 Å². The Morgan fingerprint density at radius 3 is 2.24 bits per heavy atom. The largest absolute Gasteiger partial charge is 0.399 e. The lowest BCUT2D eigenvalue weighted by Crippen LogP contribution is -2.30. The molecule has 0 spiro atoms. The van der Waals surface area contributed by atoms with E-state index in [0.29, 0.717) is 22.1 Å². The maximum atomic E-state index is 13.7. The molecule has 0 saturated heterocycles. The molecule has 0 bridgehead atoms. The van der Waals surface area contributed by atoms with Crippen molar-refractivity contribution in [1.29, 1.82) is 0 Å². The molecule has 0 fully saturated rings. The zero-order valence-corrected chi connectivity index (χ0v) is 21.4. The van der Waals surface area contributed by atoms with E-state index in [1.165, 1.54) is 24.3 Å². The number of ketones is 1. The average molecular weight is 586 g/mol. The average Bonchev–Trinajstić information content (AvgIpc) is 2.71. The zero-order valence-electron chi connectivity index (χ0n) is 17.6. The number of benzene rings is 2.